The molecule has 0 aliphatic carbocycles. The number of hydrogen-bond donors (Lipinski definition) is 1. The maximum absolute atomic E-state index is 12.0. The molecule has 0 spiro atoms. The van der Waals surface area contributed by atoms with Gasteiger partial charge in [-0.05, 0) is 13.3 Å². The van der Waals surface area contributed by atoms with Crippen molar-refractivity contribution in [2.24, 2.45) is 5.73 Å². The summed E-state index contributed by atoms with van der Waals surface area (Å²) in [7, 11) is 0. The van der Waals surface area contributed by atoms with Crippen molar-refractivity contribution in [1.29, 1.82) is 0 Å². The van der Waals surface area contributed by atoms with Crippen molar-refractivity contribution in [1.82, 2.24) is 4.90 Å². The van der Waals surface area contributed by atoms with Crippen molar-refractivity contribution in [3.05, 3.63) is 0 Å². The zero-order valence-corrected chi connectivity index (χ0v) is 10.7. The molecule has 1 fully saturated rings. The summed E-state index contributed by atoms with van der Waals surface area (Å²) in [5.74, 6) is 1.17. The second-order valence-electron chi connectivity index (χ2n) is 4.24. The number of nitrogens with zero attached hydrogens (tertiary/aromatic N) is 1. The molecular formula is C11H22N2OS. The summed E-state index contributed by atoms with van der Waals surface area (Å²) in [6.07, 6.45) is 1.77. The molecule has 0 aromatic rings. The van der Waals surface area contributed by atoms with Crippen molar-refractivity contribution in [3.63, 3.8) is 0 Å². The van der Waals surface area contributed by atoms with Gasteiger partial charge < -0.3 is 10.6 Å². The summed E-state index contributed by atoms with van der Waals surface area (Å²) >= 11 is 1.94. The van der Waals surface area contributed by atoms with E-state index in [1.54, 1.807) is 0 Å². The van der Waals surface area contributed by atoms with Crippen LogP contribution in [-0.2, 0) is 4.79 Å². The number of carbonyl (C=O) groups excluding carboxylic acids is 1. The van der Waals surface area contributed by atoms with Crippen LogP contribution < -0.4 is 5.73 Å². The van der Waals surface area contributed by atoms with Crippen molar-refractivity contribution in [2.45, 2.75) is 50.9 Å². The lowest BCUT2D eigenvalue weighted by Crippen LogP contribution is -2.53. The SMILES string of the molecule is CCC[C@H](N)C(=O)N1CCSC(C)C1C. The Bertz CT molecular complexity index is 223. The van der Waals surface area contributed by atoms with Crippen molar-refractivity contribution >= 4 is 17.7 Å². The average Bonchev–Trinajstić information content (AvgIpc) is 2.21. The quantitative estimate of drug-likeness (QED) is 0.798. The Morgan fingerprint density at radius 1 is 1.60 bits per heavy atom. The third-order valence-electron chi connectivity index (χ3n) is 3.08. The lowest BCUT2D eigenvalue weighted by atomic mass is 10.1. The van der Waals surface area contributed by atoms with Crippen LogP contribution >= 0.6 is 11.8 Å². The third kappa shape index (κ3) is 3.11. The van der Waals surface area contributed by atoms with Crippen LogP contribution in [0.25, 0.3) is 0 Å². The van der Waals surface area contributed by atoms with Crippen molar-refractivity contribution in [2.75, 3.05) is 12.3 Å². The molecule has 0 saturated carbocycles. The van der Waals surface area contributed by atoms with Gasteiger partial charge in [0.25, 0.3) is 0 Å². The van der Waals surface area contributed by atoms with E-state index in [0.717, 1.165) is 25.1 Å². The number of amides is 1. The Morgan fingerprint density at radius 2 is 2.27 bits per heavy atom. The Hall–Kier alpha value is -0.220. The van der Waals surface area contributed by atoms with Gasteiger partial charge in [-0.3, -0.25) is 4.79 Å². The molecule has 2 N–H and O–H groups in total. The number of nitrogens with two attached hydrogens (primary N) is 1. The highest BCUT2D eigenvalue weighted by Gasteiger charge is 2.30. The molecule has 1 aliphatic rings. The molecule has 15 heavy (non-hydrogen) atoms. The number of carbonyl (C=O) groups is 1. The first kappa shape index (κ1) is 12.8. The summed E-state index contributed by atoms with van der Waals surface area (Å²) in [5.41, 5.74) is 5.87. The van der Waals surface area contributed by atoms with E-state index >= 15 is 0 Å². The zero-order chi connectivity index (χ0) is 11.4. The number of thioether (sulfide) groups is 1. The van der Waals surface area contributed by atoms with E-state index in [-0.39, 0.29) is 11.9 Å². The third-order valence-corrected chi connectivity index (χ3v) is 4.42. The topological polar surface area (TPSA) is 46.3 Å². The average molecular weight is 230 g/mol. The van der Waals surface area contributed by atoms with E-state index < -0.39 is 0 Å². The van der Waals surface area contributed by atoms with Gasteiger partial charge in [-0.15, -0.1) is 0 Å². The summed E-state index contributed by atoms with van der Waals surface area (Å²) in [6.45, 7) is 7.21. The molecule has 1 amide bonds. The van der Waals surface area contributed by atoms with Gasteiger partial charge >= 0.3 is 0 Å². The van der Waals surface area contributed by atoms with Gasteiger partial charge in [0.2, 0.25) is 5.91 Å². The fourth-order valence-electron chi connectivity index (χ4n) is 1.89. The van der Waals surface area contributed by atoms with Gasteiger partial charge in [-0.2, -0.15) is 11.8 Å². The van der Waals surface area contributed by atoms with Crippen LogP contribution in [0.2, 0.25) is 0 Å². The molecule has 1 rings (SSSR count). The second-order valence-corrected chi connectivity index (χ2v) is 5.73. The van der Waals surface area contributed by atoms with Crippen LogP contribution in [0, 0.1) is 0 Å². The molecule has 1 aliphatic heterocycles. The molecule has 0 aromatic carbocycles. The van der Waals surface area contributed by atoms with Gasteiger partial charge in [-0.1, -0.05) is 20.3 Å². The predicted octanol–water partition coefficient (Wildman–Crippen LogP) is 1.47. The minimum atomic E-state index is -0.298. The van der Waals surface area contributed by atoms with Gasteiger partial charge in [0.15, 0.2) is 0 Å². The Balaban J connectivity index is 2.57. The highest BCUT2D eigenvalue weighted by Crippen LogP contribution is 2.24. The summed E-state index contributed by atoms with van der Waals surface area (Å²) in [4.78, 5) is 14.0. The van der Waals surface area contributed by atoms with Crippen LogP contribution in [0.15, 0.2) is 0 Å². The first-order valence-electron chi connectivity index (χ1n) is 5.75. The van der Waals surface area contributed by atoms with Gasteiger partial charge in [0.1, 0.15) is 0 Å². The molecule has 3 nitrogen and oxygen atoms in total. The molecule has 88 valence electrons. The largest absolute Gasteiger partial charge is 0.337 e. The van der Waals surface area contributed by atoms with Crippen LogP contribution in [0.3, 0.4) is 0 Å². The van der Waals surface area contributed by atoms with Gasteiger partial charge in [0.05, 0.1) is 6.04 Å². The first-order valence-corrected chi connectivity index (χ1v) is 6.80. The molecule has 2 unspecified atom stereocenters. The molecule has 0 bridgehead atoms. The van der Waals surface area contributed by atoms with Crippen LogP contribution in [0.1, 0.15) is 33.6 Å². The van der Waals surface area contributed by atoms with E-state index in [1.807, 2.05) is 16.7 Å². The van der Waals surface area contributed by atoms with Gasteiger partial charge in [0, 0.05) is 23.6 Å². The monoisotopic (exact) mass is 230 g/mol. The molecule has 1 saturated heterocycles. The van der Waals surface area contributed by atoms with Crippen LogP contribution in [0.5, 0.6) is 0 Å². The van der Waals surface area contributed by atoms with E-state index in [0.29, 0.717) is 11.3 Å². The van der Waals surface area contributed by atoms with Gasteiger partial charge in [-0.25, -0.2) is 0 Å². The van der Waals surface area contributed by atoms with Crippen LogP contribution in [-0.4, -0.2) is 40.4 Å². The predicted molar refractivity (Wildman–Crippen MR) is 66.0 cm³/mol. The molecular weight excluding hydrogens is 208 g/mol. The maximum atomic E-state index is 12.0. The normalized spacial score (nSPS) is 28.9. The molecule has 3 atom stereocenters. The molecule has 1 heterocycles. The second kappa shape index (κ2) is 5.75. The van der Waals surface area contributed by atoms with E-state index in [9.17, 15) is 4.79 Å². The fraction of sp³-hybridized carbons (Fsp3) is 0.909. The van der Waals surface area contributed by atoms with E-state index in [4.69, 9.17) is 5.73 Å². The highest BCUT2D eigenvalue weighted by atomic mass is 32.2. The molecule has 0 aromatic heterocycles. The standard InChI is InChI=1S/C11H22N2OS/c1-4-5-10(12)11(14)13-6-7-15-9(3)8(13)2/h8-10H,4-7,12H2,1-3H3/t8?,9?,10-/m0/s1. The maximum Gasteiger partial charge on any atom is 0.239 e. The minimum absolute atomic E-state index is 0.136. The molecule has 4 heteroatoms. The van der Waals surface area contributed by atoms with Crippen molar-refractivity contribution in [3.8, 4) is 0 Å². The lowest BCUT2D eigenvalue weighted by Gasteiger charge is -2.38. The fourth-order valence-corrected chi connectivity index (χ4v) is 2.99. The first-order chi connectivity index (χ1) is 7.07. The summed E-state index contributed by atoms with van der Waals surface area (Å²) in [5, 5.41) is 0.525. The Labute approximate surface area is 96.8 Å². The van der Waals surface area contributed by atoms with E-state index in [1.165, 1.54) is 0 Å². The minimum Gasteiger partial charge on any atom is -0.337 e. The summed E-state index contributed by atoms with van der Waals surface area (Å²) in [6, 6.07) is 0.0203. The summed E-state index contributed by atoms with van der Waals surface area (Å²) < 4.78 is 0. The smallest absolute Gasteiger partial charge is 0.239 e. The van der Waals surface area contributed by atoms with Crippen molar-refractivity contribution < 1.29 is 4.79 Å². The molecule has 0 radical (unpaired) electrons. The Kier molecular flexibility index (Phi) is 4.93. The lowest BCUT2D eigenvalue weighted by molar-refractivity contribution is -0.134. The number of hydrogen-bond acceptors (Lipinski definition) is 3. The Morgan fingerprint density at radius 3 is 2.87 bits per heavy atom. The van der Waals surface area contributed by atoms with Crippen LogP contribution in [0.4, 0.5) is 0 Å². The highest BCUT2D eigenvalue weighted by molar-refractivity contribution is 8.00. The number of rotatable bonds is 3. The zero-order valence-electron chi connectivity index (χ0n) is 9.90. The van der Waals surface area contributed by atoms with E-state index in [2.05, 4.69) is 20.8 Å².